The number of rotatable bonds is 13. The van der Waals surface area contributed by atoms with E-state index in [1.165, 1.54) is 78.6 Å². The number of hydrogen-bond acceptors (Lipinski definition) is 13. The van der Waals surface area contributed by atoms with Crippen LogP contribution in [-0.4, -0.2) is 280 Å². The summed E-state index contributed by atoms with van der Waals surface area (Å²) in [5, 5.41) is 7.86. The van der Waals surface area contributed by atoms with Gasteiger partial charge in [0.1, 0.15) is 59.9 Å². The first-order chi connectivity index (χ1) is 52.2. The summed E-state index contributed by atoms with van der Waals surface area (Å²) in [6.45, 7) is 7.92. The van der Waals surface area contributed by atoms with E-state index in [1.807, 2.05) is 20.8 Å². The first kappa shape index (κ1) is 88.8. The van der Waals surface area contributed by atoms with Gasteiger partial charge in [-0.1, -0.05) is 110 Å². The predicted molar refractivity (Wildman–Crippen MR) is 403 cm³/mol. The van der Waals surface area contributed by atoms with Crippen LogP contribution in [0.2, 0.25) is 5.02 Å². The van der Waals surface area contributed by atoms with Gasteiger partial charge in [0.15, 0.2) is 0 Å². The number of carbonyl (C=O) groups is 13. The zero-order valence-electron chi connectivity index (χ0n) is 66.9. The van der Waals surface area contributed by atoms with Gasteiger partial charge in [0.2, 0.25) is 76.8 Å². The maximum absolute atomic E-state index is 16.0. The lowest BCUT2D eigenvalue weighted by atomic mass is 9.84. The van der Waals surface area contributed by atoms with Crippen molar-refractivity contribution < 1.29 is 84.3 Å². The highest BCUT2D eigenvalue weighted by Crippen LogP contribution is 2.40. The van der Waals surface area contributed by atoms with E-state index >= 15 is 38.4 Å². The van der Waals surface area contributed by atoms with E-state index < -0.39 is 223 Å². The van der Waals surface area contributed by atoms with Gasteiger partial charge in [0, 0.05) is 94.9 Å². The molecule has 0 bridgehead atoms. The third-order valence-electron chi connectivity index (χ3n) is 24.9. The van der Waals surface area contributed by atoms with Crippen molar-refractivity contribution in [3.8, 4) is 0 Å². The van der Waals surface area contributed by atoms with Crippen LogP contribution in [0.25, 0.3) is 0 Å². The predicted octanol–water partition coefficient (Wildman–Crippen LogP) is 7.05. The van der Waals surface area contributed by atoms with Gasteiger partial charge in [-0.2, -0.15) is 13.2 Å². The number of fused-ring (bicyclic) bond motifs is 1. The van der Waals surface area contributed by atoms with Crippen molar-refractivity contribution in [2.75, 3.05) is 88.6 Å². The summed E-state index contributed by atoms with van der Waals surface area (Å²) in [4.78, 5) is 210. The highest BCUT2D eigenvalue weighted by molar-refractivity contribution is 6.31. The van der Waals surface area contributed by atoms with Gasteiger partial charge in [-0.05, 0) is 125 Å². The van der Waals surface area contributed by atoms with Crippen molar-refractivity contribution >= 4 is 88.4 Å². The maximum Gasteiger partial charge on any atom is 0.417 e. The molecule has 32 heteroatoms. The number of likely N-dealkylation sites (N-methyl/N-ethyl adjacent to an activating group) is 7. The molecule has 0 radical (unpaired) electrons. The van der Waals surface area contributed by atoms with E-state index in [-0.39, 0.29) is 62.5 Å². The van der Waals surface area contributed by atoms with Crippen LogP contribution in [0, 0.1) is 23.7 Å². The number of nitrogens with one attached hydrogen (secondary N) is 3. The third kappa shape index (κ3) is 21.6. The van der Waals surface area contributed by atoms with Crippen LogP contribution in [0.15, 0.2) is 18.2 Å². The van der Waals surface area contributed by atoms with Crippen LogP contribution in [0.3, 0.4) is 0 Å². The Morgan fingerprint density at radius 2 is 1.22 bits per heavy atom. The van der Waals surface area contributed by atoms with Crippen molar-refractivity contribution in [1.82, 2.24) is 64.9 Å². The molecule has 3 saturated carbocycles. The Bertz CT molecular complexity index is 3540. The molecule has 1 spiro atoms. The molecule has 10 atom stereocenters. The maximum atomic E-state index is 16.0. The molecule has 4 heterocycles. The quantitative estimate of drug-likeness (QED) is 0.167. The van der Waals surface area contributed by atoms with Gasteiger partial charge < -0.3 is 64.9 Å². The molecule has 26 nitrogen and oxygen atoms in total. The van der Waals surface area contributed by atoms with E-state index in [9.17, 15) is 45.9 Å². The normalized spacial score (nSPS) is 27.9. The van der Waals surface area contributed by atoms with Crippen molar-refractivity contribution in [3.63, 3.8) is 0 Å². The number of hydrogen-bond donors (Lipinski definition) is 3. The Labute approximate surface area is 655 Å². The lowest BCUT2D eigenvalue weighted by Gasteiger charge is -2.45. The average molecular weight is 1590 g/mol. The first-order valence-corrected chi connectivity index (χ1v) is 40.5. The summed E-state index contributed by atoms with van der Waals surface area (Å²) < 4.78 is 71.6. The lowest BCUT2D eigenvalue weighted by molar-refractivity contribution is -0.160. The van der Waals surface area contributed by atoms with Gasteiger partial charge in [0.25, 0.3) is 5.92 Å². The Morgan fingerprint density at radius 3 is 1.79 bits per heavy atom. The molecular formula is C79H119ClF5N13O13. The fraction of sp³-hybridized carbons (Fsp3) is 0.759. The number of halogens is 6. The van der Waals surface area contributed by atoms with Crippen molar-refractivity contribution in [2.45, 2.75) is 274 Å². The van der Waals surface area contributed by atoms with Crippen LogP contribution >= 0.6 is 11.6 Å². The SMILES string of the molecule is CC[C@H](C)[C@@H]1NC(=O)[C@H](CC(C)C)N(C)C(=O)C[C@@H](C(=O)N2CCCCC2)N(C)C(=O)[C@H](C2CCCC2)N(C)C(=O)C2(CCCC2)NC(=O)[C@H](CC(=O)N2CCC(F)(F)CC2)N(C)C(=O)[C@H](CCc2ccc(C(F)(F)F)c(Cl)c2)NC(=O)CN(C)C(=O)[C@H](CC2CCCCC2)N(C)C(=O)C2CCN2C(=O)[C@H](C)N(C)C1=O. The summed E-state index contributed by atoms with van der Waals surface area (Å²) in [5.74, 6) is -14.2. The third-order valence-corrected chi connectivity index (χ3v) is 25.2. The Hall–Kier alpha value is -7.73. The zero-order chi connectivity index (χ0) is 81.9. The van der Waals surface area contributed by atoms with Gasteiger partial charge in [-0.25, -0.2) is 8.78 Å². The minimum atomic E-state index is -4.84. The fourth-order valence-electron chi connectivity index (χ4n) is 17.2. The topological polar surface area (TPSA) is 290 Å². The van der Waals surface area contributed by atoms with Gasteiger partial charge in [0.05, 0.1) is 30.0 Å². The number of carbonyl (C=O) groups excluding carboxylic acids is 13. The molecule has 1 aromatic rings. The van der Waals surface area contributed by atoms with Gasteiger partial charge >= 0.3 is 6.18 Å². The molecule has 13 amide bonds. The average Bonchev–Trinajstić information content (AvgIpc) is 1.76. The highest BCUT2D eigenvalue weighted by atomic mass is 35.5. The second-order valence-electron chi connectivity index (χ2n) is 33.0. The molecule has 111 heavy (non-hydrogen) atoms. The number of amides is 13. The molecule has 7 fully saturated rings. The van der Waals surface area contributed by atoms with E-state index in [2.05, 4.69) is 16.0 Å². The summed E-state index contributed by atoms with van der Waals surface area (Å²) >= 11 is 6.19. The number of nitrogens with zero attached hydrogens (tertiary/aromatic N) is 10. The lowest BCUT2D eigenvalue weighted by Crippen LogP contribution is -2.66. The number of benzene rings is 1. The monoisotopic (exact) mass is 1590 g/mol. The zero-order valence-corrected chi connectivity index (χ0v) is 67.7. The van der Waals surface area contributed by atoms with Crippen molar-refractivity contribution in [2.24, 2.45) is 23.7 Å². The van der Waals surface area contributed by atoms with Crippen LogP contribution in [0.1, 0.15) is 206 Å². The first-order valence-electron chi connectivity index (χ1n) is 40.1. The summed E-state index contributed by atoms with van der Waals surface area (Å²) in [7, 11) is 9.56. The van der Waals surface area contributed by atoms with Gasteiger partial charge in [-0.3, -0.25) is 62.3 Å². The number of piperidine rings is 2. The van der Waals surface area contributed by atoms with Crippen molar-refractivity contribution in [1.29, 1.82) is 0 Å². The van der Waals surface area contributed by atoms with Gasteiger partial charge in [-0.15, -0.1) is 0 Å². The number of alkyl halides is 5. The van der Waals surface area contributed by atoms with E-state index in [4.69, 9.17) is 11.6 Å². The molecule has 8 rings (SSSR count). The second kappa shape index (κ2) is 38.4. The molecule has 3 aliphatic carbocycles. The van der Waals surface area contributed by atoms with Crippen LogP contribution in [0.5, 0.6) is 0 Å². The Balaban J connectivity index is 1.23. The Morgan fingerprint density at radius 1 is 0.613 bits per heavy atom. The van der Waals surface area contributed by atoms with Crippen LogP contribution < -0.4 is 16.0 Å². The van der Waals surface area contributed by atoms with Crippen LogP contribution in [-0.2, 0) is 74.9 Å². The highest BCUT2D eigenvalue weighted by Gasteiger charge is 2.53. The molecular weight excluding hydrogens is 1470 g/mol. The van der Waals surface area contributed by atoms with Crippen LogP contribution in [0.4, 0.5) is 22.0 Å². The molecule has 0 aromatic heterocycles. The number of aryl methyl sites for hydroxylation is 1. The molecule has 1 aromatic carbocycles. The molecule has 7 aliphatic rings. The molecule has 1 unspecified atom stereocenters. The Kier molecular flexibility index (Phi) is 30.7. The van der Waals surface area contributed by atoms with E-state index in [0.717, 1.165) is 78.5 Å². The van der Waals surface area contributed by atoms with Crippen molar-refractivity contribution in [3.05, 3.63) is 34.3 Å². The largest absolute Gasteiger partial charge is 0.417 e. The molecule has 3 N–H and O–H groups in total. The smallest absolute Gasteiger partial charge is 0.343 e. The van der Waals surface area contributed by atoms with E-state index in [0.29, 0.717) is 70.9 Å². The fourth-order valence-corrected chi connectivity index (χ4v) is 17.6. The molecule has 4 aliphatic heterocycles. The summed E-state index contributed by atoms with van der Waals surface area (Å²) in [6.07, 6.45) is 1.56. The minimum absolute atomic E-state index is 0.0161. The minimum Gasteiger partial charge on any atom is -0.343 e. The molecule has 620 valence electrons. The molecule has 4 saturated heterocycles. The second-order valence-corrected chi connectivity index (χ2v) is 33.4. The number of likely N-dealkylation sites (tertiary alicyclic amines) is 2. The summed E-state index contributed by atoms with van der Waals surface area (Å²) in [5.41, 5.74) is -2.81. The standard InChI is InChI=1S/C79H119ClF5N13O13/c1-13-49(4)65-74(109)90(7)50(5)69(104)98-39-32-57(98)72(107)93(10)60(44-51-24-16-14-17-25-51)71(106)89(6)47-62(99)86-56(31-29-52-28-30-54(55(80)43-52)79(83,84)85)70(105)92(9)59(45-64(101)96-40-35-78(81,82)36-41-96)68(103)88-77(33-20-21-34-77)76(111)95(12)66(53-26-18-19-27-53)75(110)94(11)61(73(108)97-37-22-15-23-38-97)46-63(100)91(8)58(42-48(2)3)67(102)87-65/h28,30,43,48-51,53,56-61,65-66H,13-27,29,31-42,44-47H2,1-12H3,(H,86,99)(H,87,102)(H,88,103)/t49-,50-,56-,57?,58-,59-,60-,61-,65-,66-/m0/s1. The summed E-state index contributed by atoms with van der Waals surface area (Å²) in [6, 6.07) is -9.44. The van der Waals surface area contributed by atoms with E-state index in [1.54, 1.807) is 11.8 Å².